The van der Waals surface area contributed by atoms with E-state index in [9.17, 15) is 9.50 Å². The topological polar surface area (TPSA) is 48.4 Å². The predicted octanol–water partition coefficient (Wildman–Crippen LogP) is 2.11. The fourth-order valence-corrected chi connectivity index (χ4v) is 3.14. The van der Waals surface area contributed by atoms with Crippen LogP contribution in [-0.4, -0.2) is 47.8 Å². The predicted molar refractivity (Wildman–Crippen MR) is 81.5 cm³/mol. The molecule has 0 aliphatic heterocycles. The zero-order chi connectivity index (χ0) is 15.2. The molecule has 4 nitrogen and oxygen atoms in total. The maximum absolute atomic E-state index is 12.9. The van der Waals surface area contributed by atoms with Gasteiger partial charge in [0.05, 0.1) is 24.0 Å². The van der Waals surface area contributed by atoms with Gasteiger partial charge in [-0.15, -0.1) is 0 Å². The second-order valence-electron chi connectivity index (χ2n) is 5.93. The number of halogens is 1. The molecule has 0 saturated heterocycles. The summed E-state index contributed by atoms with van der Waals surface area (Å²) in [6, 6.07) is 3.54. The fourth-order valence-electron chi connectivity index (χ4n) is 3.14. The van der Waals surface area contributed by atoms with Crippen LogP contribution in [0.15, 0.2) is 18.3 Å². The van der Waals surface area contributed by atoms with Crippen molar-refractivity contribution in [1.29, 1.82) is 0 Å². The van der Waals surface area contributed by atoms with Crippen molar-refractivity contribution in [2.75, 3.05) is 20.6 Å². The Bertz CT molecular complexity index is 426. The highest BCUT2D eigenvalue weighted by atomic mass is 19.1. The molecule has 0 spiro atoms. The number of hydrogen-bond acceptors (Lipinski definition) is 4. The maximum atomic E-state index is 12.9. The monoisotopic (exact) mass is 295 g/mol. The number of hydrogen-bond donors (Lipinski definition) is 2. The van der Waals surface area contributed by atoms with E-state index in [1.54, 1.807) is 6.07 Å². The van der Waals surface area contributed by atoms with Gasteiger partial charge in [0.1, 0.15) is 5.82 Å². The fraction of sp³-hybridized carbons (Fsp3) is 0.688. The first kappa shape index (κ1) is 16.3. The van der Waals surface area contributed by atoms with Crippen molar-refractivity contribution < 1.29 is 9.50 Å². The molecule has 1 saturated carbocycles. The minimum absolute atomic E-state index is 0.105. The van der Waals surface area contributed by atoms with Gasteiger partial charge in [0.15, 0.2) is 0 Å². The Hall–Kier alpha value is -1.04. The smallest absolute Gasteiger partial charge is 0.141 e. The molecule has 1 aromatic rings. The average Bonchev–Trinajstić information content (AvgIpc) is 2.49. The molecule has 2 rings (SSSR count). The second-order valence-corrected chi connectivity index (χ2v) is 5.93. The van der Waals surface area contributed by atoms with Gasteiger partial charge >= 0.3 is 0 Å². The van der Waals surface area contributed by atoms with E-state index in [1.807, 2.05) is 7.05 Å². The van der Waals surface area contributed by atoms with Crippen LogP contribution in [-0.2, 0) is 0 Å². The SMILES string of the molecule is CNC(CCN(C)C1CCCCC1O)c1ccc(F)cn1. The molecule has 3 unspecified atom stereocenters. The van der Waals surface area contributed by atoms with Crippen molar-refractivity contribution in [3.63, 3.8) is 0 Å². The molecule has 1 fully saturated rings. The molecular weight excluding hydrogens is 269 g/mol. The molecule has 21 heavy (non-hydrogen) atoms. The Balaban J connectivity index is 1.88. The van der Waals surface area contributed by atoms with Crippen LogP contribution in [0.5, 0.6) is 0 Å². The molecular formula is C16H26FN3O. The van der Waals surface area contributed by atoms with Crippen LogP contribution in [0.4, 0.5) is 4.39 Å². The Labute approximate surface area is 126 Å². The largest absolute Gasteiger partial charge is 0.391 e. The minimum atomic E-state index is -0.309. The third-order valence-electron chi connectivity index (χ3n) is 4.49. The van der Waals surface area contributed by atoms with Gasteiger partial charge in [-0.1, -0.05) is 12.8 Å². The van der Waals surface area contributed by atoms with Crippen LogP contribution >= 0.6 is 0 Å². The lowest BCUT2D eigenvalue weighted by molar-refractivity contribution is 0.0307. The van der Waals surface area contributed by atoms with E-state index >= 15 is 0 Å². The van der Waals surface area contributed by atoms with Gasteiger partial charge in [-0.25, -0.2) is 4.39 Å². The van der Waals surface area contributed by atoms with E-state index in [2.05, 4.69) is 22.2 Å². The zero-order valence-corrected chi connectivity index (χ0v) is 12.9. The Morgan fingerprint density at radius 3 is 2.81 bits per heavy atom. The summed E-state index contributed by atoms with van der Waals surface area (Å²) in [5.41, 5.74) is 0.858. The van der Waals surface area contributed by atoms with Crippen LogP contribution < -0.4 is 5.32 Å². The van der Waals surface area contributed by atoms with E-state index in [-0.39, 0.29) is 24.0 Å². The number of nitrogens with zero attached hydrogens (tertiary/aromatic N) is 2. The van der Waals surface area contributed by atoms with Gasteiger partial charge in [-0.2, -0.15) is 0 Å². The van der Waals surface area contributed by atoms with Crippen molar-refractivity contribution in [3.8, 4) is 0 Å². The summed E-state index contributed by atoms with van der Waals surface area (Å²) in [5.74, 6) is -0.309. The van der Waals surface area contributed by atoms with Gasteiger partial charge in [0.25, 0.3) is 0 Å². The summed E-state index contributed by atoms with van der Waals surface area (Å²) in [6.45, 7) is 0.881. The van der Waals surface area contributed by atoms with Crippen LogP contribution in [0.3, 0.4) is 0 Å². The maximum Gasteiger partial charge on any atom is 0.141 e. The van der Waals surface area contributed by atoms with Crippen LogP contribution in [0.2, 0.25) is 0 Å². The summed E-state index contributed by atoms with van der Waals surface area (Å²) in [5, 5.41) is 13.3. The van der Waals surface area contributed by atoms with E-state index in [0.717, 1.165) is 37.9 Å². The summed E-state index contributed by atoms with van der Waals surface area (Å²) in [6.07, 6.45) is 6.23. The third kappa shape index (κ3) is 4.46. The van der Waals surface area contributed by atoms with Crippen molar-refractivity contribution in [2.24, 2.45) is 0 Å². The first-order chi connectivity index (χ1) is 10.1. The van der Waals surface area contributed by atoms with Gasteiger partial charge in [0.2, 0.25) is 0 Å². The summed E-state index contributed by atoms with van der Waals surface area (Å²) >= 11 is 0. The van der Waals surface area contributed by atoms with E-state index in [1.165, 1.54) is 18.7 Å². The molecule has 1 heterocycles. The first-order valence-electron chi connectivity index (χ1n) is 7.79. The second kappa shape index (κ2) is 7.82. The molecule has 2 N–H and O–H groups in total. The Morgan fingerprint density at radius 1 is 1.43 bits per heavy atom. The molecule has 0 radical (unpaired) electrons. The van der Waals surface area contributed by atoms with Crippen molar-refractivity contribution in [1.82, 2.24) is 15.2 Å². The number of likely N-dealkylation sites (N-methyl/N-ethyl adjacent to an activating group) is 1. The van der Waals surface area contributed by atoms with Gasteiger partial charge < -0.3 is 15.3 Å². The molecule has 0 bridgehead atoms. The zero-order valence-electron chi connectivity index (χ0n) is 12.9. The molecule has 118 valence electrons. The Morgan fingerprint density at radius 2 is 2.19 bits per heavy atom. The lowest BCUT2D eigenvalue weighted by Crippen LogP contribution is -2.44. The number of aliphatic hydroxyl groups excluding tert-OH is 1. The summed E-state index contributed by atoms with van der Waals surface area (Å²) in [4.78, 5) is 6.40. The van der Waals surface area contributed by atoms with Crippen molar-refractivity contribution in [3.05, 3.63) is 29.8 Å². The summed E-state index contributed by atoms with van der Waals surface area (Å²) in [7, 11) is 3.97. The highest BCUT2D eigenvalue weighted by Gasteiger charge is 2.26. The minimum Gasteiger partial charge on any atom is -0.391 e. The molecule has 1 aromatic heterocycles. The van der Waals surface area contributed by atoms with Gasteiger partial charge in [0, 0.05) is 12.6 Å². The lowest BCUT2D eigenvalue weighted by atomic mass is 9.91. The number of nitrogens with one attached hydrogen (secondary N) is 1. The highest BCUT2D eigenvalue weighted by molar-refractivity contribution is 5.09. The number of pyridine rings is 1. The van der Waals surface area contributed by atoms with E-state index < -0.39 is 0 Å². The van der Waals surface area contributed by atoms with Gasteiger partial charge in [-0.05, 0) is 45.5 Å². The van der Waals surface area contributed by atoms with Crippen LogP contribution in [0.1, 0.15) is 43.8 Å². The normalized spacial score (nSPS) is 24.2. The van der Waals surface area contributed by atoms with Crippen LogP contribution in [0, 0.1) is 5.82 Å². The van der Waals surface area contributed by atoms with Crippen LogP contribution in [0.25, 0.3) is 0 Å². The molecule has 5 heteroatoms. The van der Waals surface area contributed by atoms with Gasteiger partial charge in [-0.3, -0.25) is 4.98 Å². The first-order valence-corrected chi connectivity index (χ1v) is 7.79. The molecule has 0 amide bonds. The van der Waals surface area contributed by atoms with Crippen molar-refractivity contribution >= 4 is 0 Å². The molecule has 1 aliphatic carbocycles. The third-order valence-corrected chi connectivity index (χ3v) is 4.49. The Kier molecular flexibility index (Phi) is 6.08. The number of aromatic nitrogens is 1. The van der Waals surface area contributed by atoms with E-state index in [0.29, 0.717) is 0 Å². The number of rotatable bonds is 6. The quantitative estimate of drug-likeness (QED) is 0.844. The van der Waals surface area contributed by atoms with Crippen molar-refractivity contribution in [2.45, 2.75) is 50.3 Å². The summed E-state index contributed by atoms with van der Waals surface area (Å²) < 4.78 is 12.9. The molecule has 1 aliphatic rings. The standard InChI is InChI=1S/C16H26FN3O/c1-18-13(14-8-7-12(17)11-19-14)9-10-20(2)15-5-3-4-6-16(15)21/h7-8,11,13,15-16,18,21H,3-6,9-10H2,1-2H3. The number of aliphatic hydroxyl groups is 1. The average molecular weight is 295 g/mol. The molecule has 0 aromatic carbocycles. The lowest BCUT2D eigenvalue weighted by Gasteiger charge is -2.35. The molecule has 3 atom stereocenters. The van der Waals surface area contributed by atoms with E-state index in [4.69, 9.17) is 0 Å². The highest BCUT2D eigenvalue weighted by Crippen LogP contribution is 2.23.